The zero-order chi connectivity index (χ0) is 19.2. The molecule has 0 spiro atoms. The van der Waals surface area contributed by atoms with Crippen LogP contribution in [0, 0.1) is 11.3 Å². The van der Waals surface area contributed by atoms with Crippen LogP contribution in [0.5, 0.6) is 0 Å². The molecular formula is C21H16N2O4. The van der Waals surface area contributed by atoms with Crippen molar-refractivity contribution >= 4 is 11.9 Å². The molecule has 1 atom stereocenters. The van der Waals surface area contributed by atoms with Gasteiger partial charge >= 0.3 is 5.97 Å². The van der Waals surface area contributed by atoms with Crippen molar-refractivity contribution in [3.05, 3.63) is 83.8 Å². The van der Waals surface area contributed by atoms with Crippen molar-refractivity contribution in [2.24, 2.45) is 0 Å². The van der Waals surface area contributed by atoms with Crippen LogP contribution in [-0.2, 0) is 11.2 Å². The molecule has 0 bridgehead atoms. The molecule has 27 heavy (non-hydrogen) atoms. The van der Waals surface area contributed by atoms with Gasteiger partial charge in [0.1, 0.15) is 6.04 Å². The summed E-state index contributed by atoms with van der Waals surface area (Å²) in [5, 5.41) is 21.1. The molecule has 1 unspecified atom stereocenters. The molecule has 0 aliphatic carbocycles. The highest BCUT2D eigenvalue weighted by molar-refractivity contribution is 5.94. The first-order valence-electron chi connectivity index (χ1n) is 8.24. The van der Waals surface area contributed by atoms with Gasteiger partial charge in [0, 0.05) is 6.42 Å². The highest BCUT2D eigenvalue weighted by atomic mass is 16.4. The van der Waals surface area contributed by atoms with Gasteiger partial charge in [-0.2, -0.15) is 5.26 Å². The number of carboxylic acid groups (broad SMARTS) is 1. The van der Waals surface area contributed by atoms with Crippen LogP contribution in [-0.4, -0.2) is 23.0 Å². The number of hydrogen-bond donors (Lipinski definition) is 2. The van der Waals surface area contributed by atoms with E-state index in [1.54, 1.807) is 30.3 Å². The van der Waals surface area contributed by atoms with E-state index in [1.165, 1.54) is 12.3 Å². The van der Waals surface area contributed by atoms with Gasteiger partial charge in [0.25, 0.3) is 5.91 Å². The second-order valence-corrected chi connectivity index (χ2v) is 5.90. The van der Waals surface area contributed by atoms with E-state index in [-0.39, 0.29) is 12.2 Å². The van der Waals surface area contributed by atoms with Gasteiger partial charge < -0.3 is 14.8 Å². The van der Waals surface area contributed by atoms with E-state index in [0.717, 1.165) is 16.7 Å². The number of carboxylic acids is 1. The predicted octanol–water partition coefficient (Wildman–Crippen LogP) is 3.24. The Morgan fingerprint density at radius 2 is 1.81 bits per heavy atom. The lowest BCUT2D eigenvalue weighted by Crippen LogP contribution is -2.42. The number of rotatable bonds is 6. The maximum Gasteiger partial charge on any atom is 0.326 e. The Morgan fingerprint density at radius 3 is 2.44 bits per heavy atom. The van der Waals surface area contributed by atoms with Crippen LogP contribution in [0.25, 0.3) is 11.1 Å². The molecule has 134 valence electrons. The summed E-state index contributed by atoms with van der Waals surface area (Å²) >= 11 is 0. The number of furan rings is 1. The third-order valence-electron chi connectivity index (χ3n) is 4.10. The maximum absolute atomic E-state index is 12.0. The zero-order valence-corrected chi connectivity index (χ0v) is 14.3. The Hall–Kier alpha value is -3.85. The average Bonchev–Trinajstić information content (AvgIpc) is 3.23. The van der Waals surface area contributed by atoms with Crippen molar-refractivity contribution < 1.29 is 19.1 Å². The average molecular weight is 360 g/mol. The lowest BCUT2D eigenvalue weighted by Gasteiger charge is -2.14. The van der Waals surface area contributed by atoms with E-state index >= 15 is 0 Å². The Bertz CT molecular complexity index is 986. The number of nitriles is 1. The van der Waals surface area contributed by atoms with Gasteiger partial charge in [-0.05, 0) is 34.9 Å². The van der Waals surface area contributed by atoms with Crippen LogP contribution in [0.4, 0.5) is 0 Å². The first-order chi connectivity index (χ1) is 13.1. The molecule has 0 saturated carbocycles. The lowest BCUT2D eigenvalue weighted by atomic mass is 9.97. The second kappa shape index (κ2) is 8.02. The van der Waals surface area contributed by atoms with Crippen LogP contribution < -0.4 is 5.32 Å². The summed E-state index contributed by atoms with van der Waals surface area (Å²) in [7, 11) is 0. The molecule has 0 aliphatic heterocycles. The fraction of sp³-hybridized carbons (Fsp3) is 0.0952. The van der Waals surface area contributed by atoms with E-state index < -0.39 is 17.9 Å². The monoisotopic (exact) mass is 360 g/mol. The number of carbonyl (C=O) groups is 2. The molecule has 0 radical (unpaired) electrons. The molecule has 0 aliphatic rings. The largest absolute Gasteiger partial charge is 0.480 e. The Balaban J connectivity index is 1.75. The number of benzene rings is 2. The molecule has 1 aromatic heterocycles. The number of aliphatic carboxylic acids is 1. The van der Waals surface area contributed by atoms with E-state index in [9.17, 15) is 20.0 Å². The maximum atomic E-state index is 12.0. The summed E-state index contributed by atoms with van der Waals surface area (Å²) < 4.78 is 4.98. The van der Waals surface area contributed by atoms with Crippen molar-refractivity contribution in [2.75, 3.05) is 0 Å². The summed E-state index contributed by atoms with van der Waals surface area (Å²) in [6.07, 6.45) is 1.48. The van der Waals surface area contributed by atoms with E-state index in [4.69, 9.17) is 4.42 Å². The van der Waals surface area contributed by atoms with Gasteiger partial charge in [-0.25, -0.2) is 4.79 Å². The quantitative estimate of drug-likeness (QED) is 0.702. The van der Waals surface area contributed by atoms with E-state index in [0.29, 0.717) is 5.56 Å². The number of nitrogens with zero attached hydrogens (tertiary/aromatic N) is 1. The highest BCUT2D eigenvalue weighted by Gasteiger charge is 2.22. The third-order valence-corrected chi connectivity index (χ3v) is 4.10. The molecule has 3 rings (SSSR count). The van der Waals surface area contributed by atoms with Gasteiger partial charge in [-0.3, -0.25) is 4.79 Å². The van der Waals surface area contributed by atoms with Crippen LogP contribution in [0.3, 0.4) is 0 Å². The fourth-order valence-electron chi connectivity index (χ4n) is 2.73. The van der Waals surface area contributed by atoms with Gasteiger partial charge in [0.2, 0.25) is 0 Å². The van der Waals surface area contributed by atoms with Crippen LogP contribution >= 0.6 is 0 Å². The number of carbonyl (C=O) groups excluding carboxylic acids is 1. The van der Waals surface area contributed by atoms with Gasteiger partial charge in [-0.1, -0.05) is 42.5 Å². The van der Waals surface area contributed by atoms with Gasteiger partial charge in [0.05, 0.1) is 17.9 Å². The standard InChI is InChI=1S/C21H16N2O4/c22-13-16-4-1-2-5-17(16)15-9-7-14(8-10-15)12-18(21(25)26)23-20(24)19-6-3-11-27-19/h1-11,18H,12H2,(H,23,24)(H,25,26). The second-order valence-electron chi connectivity index (χ2n) is 5.90. The van der Waals surface area contributed by atoms with E-state index in [1.807, 2.05) is 24.3 Å². The summed E-state index contributed by atoms with van der Waals surface area (Å²) in [6, 6.07) is 18.6. The van der Waals surface area contributed by atoms with Crippen molar-refractivity contribution in [3.63, 3.8) is 0 Å². The summed E-state index contributed by atoms with van der Waals surface area (Å²) in [4.78, 5) is 23.5. The predicted molar refractivity (Wildman–Crippen MR) is 97.9 cm³/mol. The van der Waals surface area contributed by atoms with Crippen molar-refractivity contribution in [1.29, 1.82) is 5.26 Å². The first kappa shape index (κ1) is 18.0. The number of hydrogen-bond acceptors (Lipinski definition) is 4. The van der Waals surface area contributed by atoms with Crippen molar-refractivity contribution in [2.45, 2.75) is 12.5 Å². The van der Waals surface area contributed by atoms with Crippen molar-refractivity contribution in [3.8, 4) is 17.2 Å². The summed E-state index contributed by atoms with van der Waals surface area (Å²) in [6.45, 7) is 0. The minimum absolute atomic E-state index is 0.0599. The molecule has 1 heterocycles. The highest BCUT2D eigenvalue weighted by Crippen LogP contribution is 2.23. The molecule has 2 N–H and O–H groups in total. The first-order valence-corrected chi connectivity index (χ1v) is 8.24. The molecule has 1 amide bonds. The van der Waals surface area contributed by atoms with Crippen LogP contribution in [0.2, 0.25) is 0 Å². The van der Waals surface area contributed by atoms with Crippen LogP contribution in [0.15, 0.2) is 71.3 Å². The molecule has 6 heteroatoms. The minimum atomic E-state index is -1.13. The molecule has 0 fully saturated rings. The number of amides is 1. The molecule has 6 nitrogen and oxygen atoms in total. The van der Waals surface area contributed by atoms with Gasteiger partial charge in [-0.15, -0.1) is 0 Å². The Labute approximate surface area is 155 Å². The molecular weight excluding hydrogens is 344 g/mol. The number of nitrogens with one attached hydrogen (secondary N) is 1. The topological polar surface area (TPSA) is 103 Å². The zero-order valence-electron chi connectivity index (χ0n) is 14.3. The minimum Gasteiger partial charge on any atom is -0.480 e. The normalized spacial score (nSPS) is 11.4. The molecule has 0 saturated heterocycles. The molecule has 2 aromatic carbocycles. The summed E-state index contributed by atoms with van der Waals surface area (Å²) in [5.41, 5.74) is 2.99. The fourth-order valence-corrected chi connectivity index (χ4v) is 2.73. The van der Waals surface area contributed by atoms with E-state index in [2.05, 4.69) is 11.4 Å². The Morgan fingerprint density at radius 1 is 1.07 bits per heavy atom. The van der Waals surface area contributed by atoms with Crippen molar-refractivity contribution in [1.82, 2.24) is 5.32 Å². The lowest BCUT2D eigenvalue weighted by molar-refractivity contribution is -0.139. The van der Waals surface area contributed by atoms with Crippen LogP contribution in [0.1, 0.15) is 21.7 Å². The third kappa shape index (κ3) is 4.22. The Kier molecular flexibility index (Phi) is 5.33. The SMILES string of the molecule is N#Cc1ccccc1-c1ccc(CC(NC(=O)c2ccco2)C(=O)O)cc1. The summed E-state index contributed by atoms with van der Waals surface area (Å²) in [5.74, 6) is -1.65. The smallest absolute Gasteiger partial charge is 0.326 e. The van der Waals surface area contributed by atoms with Gasteiger partial charge in [0.15, 0.2) is 5.76 Å². The molecule has 3 aromatic rings.